The molecule has 180 valence electrons. The van der Waals surface area contributed by atoms with Crippen LogP contribution in [0.3, 0.4) is 0 Å². The lowest BCUT2D eigenvalue weighted by atomic mass is 10.00. The highest BCUT2D eigenvalue weighted by atomic mass is 19.1. The molecular weight excluding hydrogens is 441 g/mol. The lowest BCUT2D eigenvalue weighted by Gasteiger charge is -2.41. The van der Waals surface area contributed by atoms with Gasteiger partial charge in [-0.05, 0) is 55.3 Å². The Hall–Kier alpha value is -3.58. The smallest absolute Gasteiger partial charge is 0.193 e. The average Bonchev–Trinajstić information content (AvgIpc) is 2.87. The Morgan fingerprint density at radius 2 is 1.94 bits per heavy atom. The molecule has 1 aliphatic heterocycles. The van der Waals surface area contributed by atoms with Gasteiger partial charge in [0.2, 0.25) is 0 Å². The van der Waals surface area contributed by atoms with Crippen LogP contribution in [0.1, 0.15) is 23.2 Å². The van der Waals surface area contributed by atoms with E-state index in [1.807, 2.05) is 67.2 Å². The Morgan fingerprint density at radius 1 is 1.09 bits per heavy atom. The number of aryl methyl sites for hydroxylation is 2. The van der Waals surface area contributed by atoms with Gasteiger partial charge in [0.15, 0.2) is 5.43 Å². The summed E-state index contributed by atoms with van der Waals surface area (Å²) in [6, 6.07) is 15.5. The van der Waals surface area contributed by atoms with Gasteiger partial charge in [-0.1, -0.05) is 12.1 Å². The molecule has 1 aromatic carbocycles. The summed E-state index contributed by atoms with van der Waals surface area (Å²) in [6.45, 7) is 4.04. The number of hydrogen-bond acceptors (Lipinski definition) is 5. The molecule has 0 N–H and O–H groups in total. The summed E-state index contributed by atoms with van der Waals surface area (Å²) in [7, 11) is 1.96. The fourth-order valence-electron chi connectivity index (χ4n) is 5.12. The molecule has 1 fully saturated rings. The zero-order valence-corrected chi connectivity index (χ0v) is 20.1. The second-order valence-corrected chi connectivity index (χ2v) is 9.42. The summed E-state index contributed by atoms with van der Waals surface area (Å²) >= 11 is 0. The highest BCUT2D eigenvalue weighted by Crippen LogP contribution is 2.26. The van der Waals surface area contributed by atoms with Crippen molar-refractivity contribution >= 4 is 16.6 Å². The summed E-state index contributed by atoms with van der Waals surface area (Å²) in [5.41, 5.74) is 4.61. The monoisotopic (exact) mass is 471 g/mol. The molecule has 0 amide bonds. The zero-order chi connectivity index (χ0) is 24.4. The van der Waals surface area contributed by atoms with Gasteiger partial charge in [-0.2, -0.15) is 0 Å². The number of para-hydroxylation sites is 1. The summed E-state index contributed by atoms with van der Waals surface area (Å²) in [4.78, 5) is 26.3. The number of piperidine rings is 1. The number of benzene rings is 1. The minimum absolute atomic E-state index is 0.0336. The molecule has 0 aliphatic carbocycles. The van der Waals surface area contributed by atoms with Crippen LogP contribution in [-0.2, 0) is 20.1 Å². The largest absolute Gasteiger partial charge is 0.366 e. The maximum absolute atomic E-state index is 15.1. The number of aromatic nitrogens is 3. The van der Waals surface area contributed by atoms with E-state index in [1.54, 1.807) is 18.6 Å². The molecule has 2 atom stereocenters. The van der Waals surface area contributed by atoms with Crippen LogP contribution < -0.4 is 10.3 Å². The van der Waals surface area contributed by atoms with Gasteiger partial charge in [-0.3, -0.25) is 19.7 Å². The van der Waals surface area contributed by atoms with Gasteiger partial charge in [0.25, 0.3) is 0 Å². The van der Waals surface area contributed by atoms with Gasteiger partial charge in [0.05, 0.1) is 17.4 Å². The maximum Gasteiger partial charge on any atom is 0.193 e. The van der Waals surface area contributed by atoms with Crippen molar-refractivity contribution in [2.24, 2.45) is 7.05 Å². The third kappa shape index (κ3) is 5.10. The van der Waals surface area contributed by atoms with Crippen molar-refractivity contribution in [3.63, 3.8) is 0 Å². The van der Waals surface area contributed by atoms with Gasteiger partial charge in [-0.15, -0.1) is 0 Å². The van der Waals surface area contributed by atoms with E-state index in [0.29, 0.717) is 43.5 Å². The maximum atomic E-state index is 15.1. The lowest BCUT2D eigenvalue weighted by Crippen LogP contribution is -2.51. The van der Waals surface area contributed by atoms with Gasteiger partial charge in [0, 0.05) is 74.5 Å². The van der Waals surface area contributed by atoms with E-state index in [-0.39, 0.29) is 11.5 Å². The van der Waals surface area contributed by atoms with Crippen LogP contribution in [0.4, 0.5) is 10.1 Å². The van der Waals surface area contributed by atoms with Crippen LogP contribution >= 0.6 is 0 Å². The van der Waals surface area contributed by atoms with Gasteiger partial charge in [0.1, 0.15) is 6.17 Å². The SMILES string of the molecule is Cc1cc(CN(Cc2cn(C)c3ccccc3c2=O)[C@H]2C[C@H](F)CN(c3cccnc3)C2)ccn1. The van der Waals surface area contributed by atoms with Crippen molar-refractivity contribution in [3.8, 4) is 0 Å². The van der Waals surface area contributed by atoms with E-state index >= 15 is 4.39 Å². The number of nitrogens with zero attached hydrogens (tertiary/aromatic N) is 5. The fraction of sp³-hybridized carbons (Fsp3) is 0.321. The Morgan fingerprint density at radius 3 is 2.74 bits per heavy atom. The molecule has 4 aromatic rings. The number of pyridine rings is 3. The Bertz CT molecular complexity index is 1370. The molecule has 4 heterocycles. The van der Waals surface area contributed by atoms with Crippen LogP contribution in [0.25, 0.3) is 10.9 Å². The molecular formula is C28H30FN5O. The quantitative estimate of drug-likeness (QED) is 0.421. The van der Waals surface area contributed by atoms with E-state index in [2.05, 4.69) is 25.8 Å². The van der Waals surface area contributed by atoms with Crippen molar-refractivity contribution in [3.05, 3.63) is 100 Å². The number of halogens is 1. The van der Waals surface area contributed by atoms with Crippen LogP contribution in [-0.4, -0.2) is 44.7 Å². The number of rotatable bonds is 6. The Kier molecular flexibility index (Phi) is 6.59. The first kappa shape index (κ1) is 23.2. The minimum atomic E-state index is -0.963. The molecule has 0 saturated carbocycles. The second-order valence-electron chi connectivity index (χ2n) is 9.42. The average molecular weight is 472 g/mol. The molecule has 0 unspecified atom stereocenters. The van der Waals surface area contributed by atoms with E-state index in [9.17, 15) is 4.79 Å². The second kappa shape index (κ2) is 9.96. The number of alkyl halides is 1. The summed E-state index contributed by atoms with van der Waals surface area (Å²) in [6.07, 6.45) is 6.70. The molecule has 0 bridgehead atoms. The highest BCUT2D eigenvalue weighted by molar-refractivity contribution is 5.79. The van der Waals surface area contributed by atoms with Crippen LogP contribution in [0.15, 0.2) is 78.1 Å². The number of anilines is 1. The topological polar surface area (TPSA) is 54.3 Å². The predicted octanol–water partition coefficient (Wildman–Crippen LogP) is 4.26. The van der Waals surface area contributed by atoms with Crippen molar-refractivity contribution in [2.45, 2.75) is 38.6 Å². The van der Waals surface area contributed by atoms with Gasteiger partial charge >= 0.3 is 0 Å². The normalized spacial score (nSPS) is 18.3. The first-order chi connectivity index (χ1) is 17.0. The van der Waals surface area contributed by atoms with Gasteiger partial charge in [-0.25, -0.2) is 4.39 Å². The number of fused-ring (bicyclic) bond motifs is 1. The summed E-state index contributed by atoms with van der Waals surface area (Å²) in [5, 5.41) is 0.705. The van der Waals surface area contributed by atoms with Crippen molar-refractivity contribution in [1.29, 1.82) is 0 Å². The molecule has 1 saturated heterocycles. The van der Waals surface area contributed by atoms with E-state index in [1.165, 1.54) is 0 Å². The van der Waals surface area contributed by atoms with Crippen molar-refractivity contribution in [2.75, 3.05) is 18.0 Å². The lowest BCUT2D eigenvalue weighted by molar-refractivity contribution is 0.121. The first-order valence-corrected chi connectivity index (χ1v) is 12.0. The Labute approximate surface area is 204 Å². The molecule has 35 heavy (non-hydrogen) atoms. The van der Waals surface area contributed by atoms with E-state index in [0.717, 1.165) is 22.5 Å². The third-order valence-electron chi connectivity index (χ3n) is 6.79. The van der Waals surface area contributed by atoms with E-state index in [4.69, 9.17) is 0 Å². The van der Waals surface area contributed by atoms with Gasteiger partial charge < -0.3 is 9.47 Å². The van der Waals surface area contributed by atoms with E-state index < -0.39 is 6.17 Å². The molecule has 5 rings (SSSR count). The molecule has 6 nitrogen and oxygen atoms in total. The number of hydrogen-bond donors (Lipinski definition) is 0. The van der Waals surface area contributed by atoms with Crippen LogP contribution in [0, 0.1) is 6.92 Å². The molecule has 3 aromatic heterocycles. The summed E-state index contributed by atoms with van der Waals surface area (Å²) < 4.78 is 17.1. The summed E-state index contributed by atoms with van der Waals surface area (Å²) in [5.74, 6) is 0. The first-order valence-electron chi connectivity index (χ1n) is 12.0. The van der Waals surface area contributed by atoms with Crippen molar-refractivity contribution in [1.82, 2.24) is 19.4 Å². The van der Waals surface area contributed by atoms with Crippen LogP contribution in [0.2, 0.25) is 0 Å². The van der Waals surface area contributed by atoms with Crippen LogP contribution in [0.5, 0.6) is 0 Å². The molecule has 7 heteroatoms. The fourth-order valence-corrected chi connectivity index (χ4v) is 5.12. The predicted molar refractivity (Wildman–Crippen MR) is 137 cm³/mol. The standard InChI is InChI=1S/C28H30FN5O/c1-20-12-21(9-11-31-20)15-33(17-22-16-32(2)27-8-4-3-7-26(27)28(22)35)25-13-23(29)18-34(19-25)24-6-5-10-30-14-24/h3-12,14,16,23,25H,13,15,17-19H2,1-2H3/t23-,25-/m0/s1. The molecule has 1 aliphatic rings. The molecule has 0 spiro atoms. The molecule has 0 radical (unpaired) electrons. The third-order valence-corrected chi connectivity index (χ3v) is 6.79. The Balaban J connectivity index is 1.50. The van der Waals surface area contributed by atoms with Crippen molar-refractivity contribution < 1.29 is 4.39 Å². The zero-order valence-electron chi connectivity index (χ0n) is 20.1. The highest BCUT2D eigenvalue weighted by Gasteiger charge is 2.32. The minimum Gasteiger partial charge on any atom is -0.366 e.